The lowest BCUT2D eigenvalue weighted by molar-refractivity contribution is -0.114. The number of nitrogens with one attached hydrogen (secondary N) is 1. The Morgan fingerprint density at radius 1 is 1.36 bits per heavy atom. The first-order chi connectivity index (χ1) is 11.9. The van der Waals surface area contributed by atoms with Crippen LogP contribution in [-0.2, 0) is 16.1 Å². The molecule has 1 aromatic carbocycles. The van der Waals surface area contributed by atoms with Crippen molar-refractivity contribution in [2.24, 2.45) is 0 Å². The fourth-order valence-electron chi connectivity index (χ4n) is 1.85. The Morgan fingerprint density at radius 3 is 2.76 bits per heavy atom. The number of aromatic nitrogens is 1. The maximum absolute atomic E-state index is 12.6. The molecule has 2 aromatic rings. The summed E-state index contributed by atoms with van der Waals surface area (Å²) in [5, 5.41) is 4.46. The molecule has 7 nitrogen and oxygen atoms in total. The van der Waals surface area contributed by atoms with Crippen LogP contribution in [0.3, 0.4) is 0 Å². The number of anilines is 1. The Morgan fingerprint density at radius 2 is 2.12 bits per heavy atom. The highest BCUT2D eigenvalue weighted by Gasteiger charge is 2.21. The molecule has 0 atom stereocenters. The van der Waals surface area contributed by atoms with Gasteiger partial charge in [-0.15, -0.1) is 11.3 Å². The number of nitrogens with zero attached hydrogens (tertiary/aromatic N) is 1. The third kappa shape index (κ3) is 5.11. The molecule has 134 valence electrons. The summed E-state index contributed by atoms with van der Waals surface area (Å²) in [5.41, 5.74) is 0.207. The minimum absolute atomic E-state index is 0.0173. The quantitative estimate of drug-likeness (QED) is 0.752. The van der Waals surface area contributed by atoms with Crippen molar-refractivity contribution in [3.05, 3.63) is 34.8 Å². The number of alkyl halides is 2. The summed E-state index contributed by atoms with van der Waals surface area (Å²) in [5.74, 6) is -1.56. The number of hydrogen-bond donors (Lipinski definition) is 1. The third-order valence-electron chi connectivity index (χ3n) is 2.81. The topological polar surface area (TPSA) is 86.8 Å². The van der Waals surface area contributed by atoms with E-state index in [-0.39, 0.29) is 23.8 Å². The van der Waals surface area contributed by atoms with Crippen LogP contribution in [0.1, 0.15) is 23.0 Å². The standard InChI is InChI=1S/C15H14F2N2O5S/c1-8(20)18-15-19-9(7-25-15)6-23-13(21)10-4-3-5-11(22-2)12(10)24-14(16)17/h3-5,7,14H,6H2,1-2H3,(H,18,19,20). The Bertz CT molecular complexity index is 766. The first-order valence-electron chi connectivity index (χ1n) is 6.91. The zero-order valence-corrected chi connectivity index (χ0v) is 14.1. The Hall–Kier alpha value is -2.75. The second kappa shape index (κ2) is 8.38. The molecule has 0 saturated heterocycles. The minimum Gasteiger partial charge on any atom is -0.493 e. The summed E-state index contributed by atoms with van der Waals surface area (Å²) in [6, 6.07) is 4.12. The molecule has 1 heterocycles. The van der Waals surface area contributed by atoms with Crippen LogP contribution in [0.15, 0.2) is 23.6 Å². The summed E-state index contributed by atoms with van der Waals surface area (Å²) in [4.78, 5) is 27.2. The molecule has 1 amide bonds. The van der Waals surface area contributed by atoms with E-state index in [1.54, 1.807) is 5.38 Å². The van der Waals surface area contributed by atoms with Gasteiger partial charge in [-0.1, -0.05) is 6.07 Å². The number of ether oxygens (including phenoxy) is 3. The second-order valence-electron chi connectivity index (χ2n) is 4.62. The molecule has 1 N–H and O–H groups in total. The molecule has 0 spiro atoms. The van der Waals surface area contributed by atoms with Crippen LogP contribution in [0, 0.1) is 0 Å². The highest BCUT2D eigenvalue weighted by Crippen LogP contribution is 2.33. The molecule has 0 fully saturated rings. The number of halogens is 2. The van der Waals surface area contributed by atoms with Gasteiger partial charge in [-0.05, 0) is 12.1 Å². The number of para-hydroxylation sites is 1. The number of benzene rings is 1. The molecular weight excluding hydrogens is 358 g/mol. The number of carbonyl (C=O) groups is 2. The van der Waals surface area contributed by atoms with Crippen molar-refractivity contribution in [3.8, 4) is 11.5 Å². The van der Waals surface area contributed by atoms with E-state index in [1.165, 1.54) is 32.2 Å². The number of hydrogen-bond acceptors (Lipinski definition) is 7. The molecule has 0 aliphatic carbocycles. The van der Waals surface area contributed by atoms with Gasteiger partial charge >= 0.3 is 12.6 Å². The lowest BCUT2D eigenvalue weighted by Crippen LogP contribution is -2.12. The molecule has 0 saturated carbocycles. The maximum atomic E-state index is 12.6. The summed E-state index contributed by atoms with van der Waals surface area (Å²) < 4.78 is 39.5. The molecule has 1 aromatic heterocycles. The van der Waals surface area contributed by atoms with Crippen molar-refractivity contribution < 1.29 is 32.6 Å². The predicted molar refractivity (Wildman–Crippen MR) is 85.2 cm³/mol. The van der Waals surface area contributed by atoms with Gasteiger partial charge in [-0.3, -0.25) is 4.79 Å². The van der Waals surface area contributed by atoms with Crippen LogP contribution >= 0.6 is 11.3 Å². The van der Waals surface area contributed by atoms with Crippen LogP contribution in [-0.4, -0.2) is 30.6 Å². The normalized spacial score (nSPS) is 10.4. The number of carbonyl (C=O) groups excluding carboxylic acids is 2. The summed E-state index contributed by atoms with van der Waals surface area (Å²) in [7, 11) is 1.27. The predicted octanol–water partition coefficient (Wildman–Crippen LogP) is 3.07. The molecule has 0 bridgehead atoms. The molecule has 25 heavy (non-hydrogen) atoms. The van der Waals surface area contributed by atoms with Gasteiger partial charge in [0.15, 0.2) is 16.6 Å². The van der Waals surface area contributed by atoms with Gasteiger partial charge < -0.3 is 19.5 Å². The molecule has 0 unspecified atom stereocenters. The zero-order valence-electron chi connectivity index (χ0n) is 13.2. The number of amides is 1. The molecule has 2 rings (SSSR count). The number of esters is 1. The van der Waals surface area contributed by atoms with Gasteiger partial charge in [0.1, 0.15) is 12.2 Å². The Balaban J connectivity index is 2.10. The van der Waals surface area contributed by atoms with Gasteiger partial charge in [0.25, 0.3) is 0 Å². The van der Waals surface area contributed by atoms with Crippen molar-refractivity contribution in [1.82, 2.24) is 4.98 Å². The smallest absolute Gasteiger partial charge is 0.387 e. The van der Waals surface area contributed by atoms with Crippen LogP contribution in [0.2, 0.25) is 0 Å². The lowest BCUT2D eigenvalue weighted by atomic mass is 10.2. The summed E-state index contributed by atoms with van der Waals surface area (Å²) in [6.07, 6.45) is 0. The van der Waals surface area contributed by atoms with Crippen LogP contribution in [0.25, 0.3) is 0 Å². The van der Waals surface area contributed by atoms with Crippen molar-refractivity contribution in [2.75, 3.05) is 12.4 Å². The Kier molecular flexibility index (Phi) is 6.23. The van der Waals surface area contributed by atoms with E-state index in [0.29, 0.717) is 10.8 Å². The second-order valence-corrected chi connectivity index (χ2v) is 5.47. The van der Waals surface area contributed by atoms with E-state index in [0.717, 1.165) is 11.3 Å². The van der Waals surface area contributed by atoms with E-state index >= 15 is 0 Å². The molecular formula is C15H14F2N2O5S. The largest absolute Gasteiger partial charge is 0.493 e. The van der Waals surface area contributed by atoms with Crippen LogP contribution in [0.4, 0.5) is 13.9 Å². The highest BCUT2D eigenvalue weighted by molar-refractivity contribution is 7.13. The van der Waals surface area contributed by atoms with Crippen molar-refractivity contribution in [1.29, 1.82) is 0 Å². The molecule has 0 aliphatic rings. The van der Waals surface area contributed by atoms with E-state index in [9.17, 15) is 18.4 Å². The average Bonchev–Trinajstić information content (AvgIpc) is 2.99. The SMILES string of the molecule is COc1cccc(C(=O)OCc2csc(NC(C)=O)n2)c1OC(F)F. The van der Waals surface area contributed by atoms with Crippen molar-refractivity contribution in [2.45, 2.75) is 20.1 Å². The molecule has 0 aliphatic heterocycles. The van der Waals surface area contributed by atoms with Gasteiger partial charge in [0.05, 0.1) is 12.8 Å². The van der Waals surface area contributed by atoms with Crippen molar-refractivity contribution in [3.63, 3.8) is 0 Å². The third-order valence-corrected chi connectivity index (χ3v) is 3.62. The highest BCUT2D eigenvalue weighted by atomic mass is 32.1. The van der Waals surface area contributed by atoms with Crippen molar-refractivity contribution >= 4 is 28.3 Å². The number of thiazole rings is 1. The van der Waals surface area contributed by atoms with Gasteiger partial charge in [0, 0.05) is 12.3 Å². The first-order valence-corrected chi connectivity index (χ1v) is 7.79. The summed E-state index contributed by atoms with van der Waals surface area (Å²) in [6.45, 7) is -1.98. The van der Waals surface area contributed by atoms with E-state index < -0.39 is 18.3 Å². The molecule has 0 radical (unpaired) electrons. The monoisotopic (exact) mass is 372 g/mol. The lowest BCUT2D eigenvalue weighted by Gasteiger charge is -2.13. The number of methoxy groups -OCH3 is 1. The van der Waals surface area contributed by atoms with Gasteiger partial charge in [-0.25, -0.2) is 9.78 Å². The van der Waals surface area contributed by atoms with Gasteiger partial charge in [-0.2, -0.15) is 8.78 Å². The fourth-order valence-corrected chi connectivity index (χ4v) is 2.59. The fraction of sp³-hybridized carbons (Fsp3) is 0.267. The zero-order chi connectivity index (χ0) is 18.4. The minimum atomic E-state index is -3.12. The van der Waals surface area contributed by atoms with Crippen LogP contribution in [0.5, 0.6) is 11.5 Å². The van der Waals surface area contributed by atoms with E-state index in [2.05, 4.69) is 15.0 Å². The summed E-state index contributed by atoms with van der Waals surface area (Å²) >= 11 is 1.16. The molecule has 10 heteroatoms. The van der Waals surface area contributed by atoms with E-state index in [1.807, 2.05) is 0 Å². The van der Waals surface area contributed by atoms with E-state index in [4.69, 9.17) is 9.47 Å². The van der Waals surface area contributed by atoms with Crippen LogP contribution < -0.4 is 14.8 Å². The average molecular weight is 372 g/mol. The Labute approximate surface area is 145 Å². The van der Waals surface area contributed by atoms with Gasteiger partial charge in [0.2, 0.25) is 5.91 Å². The maximum Gasteiger partial charge on any atom is 0.387 e. The number of rotatable bonds is 7. The first kappa shape index (κ1) is 18.6.